The van der Waals surface area contributed by atoms with E-state index in [1.165, 1.54) is 6.07 Å². The largest absolute Gasteiger partial charge is 0.416 e. The molecule has 2 heterocycles. The molecular weight excluding hydrogens is 918 g/mol. The first-order chi connectivity index (χ1) is 35.9. The molecule has 0 aliphatic heterocycles. The molecule has 354 valence electrons. The van der Waals surface area contributed by atoms with Crippen molar-refractivity contribution in [1.82, 2.24) is 9.13 Å². The van der Waals surface area contributed by atoms with Crippen LogP contribution in [0, 0.1) is 50.4 Å². The number of benzene rings is 10. The third kappa shape index (κ3) is 7.52. The first-order valence-corrected chi connectivity index (χ1v) is 24.5. The van der Waals surface area contributed by atoms with Crippen LogP contribution in [-0.2, 0) is 6.18 Å². The van der Waals surface area contributed by atoms with Crippen molar-refractivity contribution in [2.24, 2.45) is 0 Å². The third-order valence-corrected chi connectivity index (χ3v) is 14.8. The molecule has 0 radical (unpaired) electrons. The van der Waals surface area contributed by atoms with Gasteiger partial charge in [-0.3, -0.25) is 0 Å². The normalized spacial score (nSPS) is 11.7. The highest BCUT2D eigenvalue weighted by atomic mass is 19.4. The highest BCUT2D eigenvalue weighted by Crippen LogP contribution is 2.45. The molecule has 12 aromatic rings. The summed E-state index contributed by atoms with van der Waals surface area (Å²) in [5, 5.41) is 26.1. The fraction of sp³-hybridized carbons (Fsp3) is 0.0746. The van der Waals surface area contributed by atoms with Crippen LogP contribution in [-0.4, -0.2) is 9.13 Å². The average molecular weight is 963 g/mol. The molecule has 2 aromatic heterocycles. The van der Waals surface area contributed by atoms with Gasteiger partial charge in [-0.1, -0.05) is 127 Å². The molecule has 0 fully saturated rings. The van der Waals surface area contributed by atoms with Gasteiger partial charge in [-0.2, -0.15) is 23.7 Å². The van der Waals surface area contributed by atoms with Gasteiger partial charge in [0.1, 0.15) is 6.07 Å². The number of alkyl halides is 3. The highest BCUT2D eigenvalue weighted by molar-refractivity contribution is 6.14. The van der Waals surface area contributed by atoms with Crippen molar-refractivity contribution in [2.75, 3.05) is 0 Å². The summed E-state index contributed by atoms with van der Waals surface area (Å²) < 4.78 is 47.6. The molecule has 4 nitrogen and oxygen atoms in total. The van der Waals surface area contributed by atoms with Crippen LogP contribution in [0.3, 0.4) is 0 Å². The van der Waals surface area contributed by atoms with Crippen LogP contribution in [0.25, 0.3) is 111 Å². The zero-order valence-corrected chi connectivity index (χ0v) is 41.0. The second-order valence-electron chi connectivity index (χ2n) is 19.2. The lowest BCUT2D eigenvalue weighted by molar-refractivity contribution is -0.137. The summed E-state index contributed by atoms with van der Waals surface area (Å²) >= 11 is 0. The van der Waals surface area contributed by atoms with Crippen molar-refractivity contribution in [3.8, 4) is 79.1 Å². The Morgan fingerprint density at radius 1 is 0.338 bits per heavy atom. The molecule has 0 N–H and O–H groups in total. The van der Waals surface area contributed by atoms with E-state index in [2.05, 4.69) is 170 Å². The van der Waals surface area contributed by atoms with Gasteiger partial charge in [-0.15, -0.1) is 0 Å². The molecule has 0 spiro atoms. The summed E-state index contributed by atoms with van der Waals surface area (Å²) in [7, 11) is 0. The zero-order valence-electron chi connectivity index (χ0n) is 41.0. The van der Waals surface area contributed by atoms with Crippen LogP contribution in [0.5, 0.6) is 0 Å². The lowest BCUT2D eigenvalue weighted by Crippen LogP contribution is -2.07. The van der Waals surface area contributed by atoms with Crippen LogP contribution < -0.4 is 0 Å². The van der Waals surface area contributed by atoms with Crippen molar-refractivity contribution in [2.45, 2.75) is 33.9 Å². The van der Waals surface area contributed by atoms with Gasteiger partial charge in [0, 0.05) is 32.7 Å². The molecule has 0 saturated heterocycles. The summed E-state index contributed by atoms with van der Waals surface area (Å²) in [6.07, 6.45) is -4.68. The molecule has 12 rings (SSSR count). The van der Waals surface area contributed by atoms with Gasteiger partial charge >= 0.3 is 6.18 Å². The quantitative estimate of drug-likeness (QED) is 0.160. The number of hydrogen-bond acceptors (Lipinski definition) is 2. The van der Waals surface area contributed by atoms with Crippen LogP contribution >= 0.6 is 0 Å². The van der Waals surface area contributed by atoms with Crippen molar-refractivity contribution in [3.05, 3.63) is 239 Å². The predicted molar refractivity (Wildman–Crippen MR) is 296 cm³/mol. The first kappa shape index (κ1) is 45.7. The number of halogens is 3. The average Bonchev–Trinajstić information content (AvgIpc) is 3.91. The molecule has 0 amide bonds. The van der Waals surface area contributed by atoms with Gasteiger partial charge in [-0.05, 0) is 167 Å². The molecular formula is C67H45F3N4. The first-order valence-electron chi connectivity index (χ1n) is 24.5. The maximum absolute atomic E-state index is 14.5. The van der Waals surface area contributed by atoms with E-state index >= 15 is 0 Å². The molecule has 0 aliphatic rings. The van der Waals surface area contributed by atoms with E-state index in [4.69, 9.17) is 0 Å². The van der Waals surface area contributed by atoms with Gasteiger partial charge < -0.3 is 9.13 Å². The predicted octanol–water partition coefficient (Wildman–Crippen LogP) is 18.2. The Balaban J connectivity index is 1.19. The highest BCUT2D eigenvalue weighted by Gasteiger charge is 2.32. The number of rotatable bonds is 7. The molecule has 0 saturated carbocycles. The summed E-state index contributed by atoms with van der Waals surface area (Å²) in [5.41, 5.74) is 17.5. The Labute approximate surface area is 426 Å². The molecule has 0 atom stereocenters. The number of nitrogens with zero attached hydrogens (tertiary/aromatic N) is 4. The fourth-order valence-electron chi connectivity index (χ4n) is 11.1. The van der Waals surface area contributed by atoms with Gasteiger partial charge in [0.05, 0.1) is 56.2 Å². The van der Waals surface area contributed by atoms with Crippen molar-refractivity contribution in [3.63, 3.8) is 0 Å². The smallest absolute Gasteiger partial charge is 0.309 e. The molecule has 0 bridgehead atoms. The summed E-state index contributed by atoms with van der Waals surface area (Å²) in [5.74, 6) is 0. The van der Waals surface area contributed by atoms with Crippen molar-refractivity contribution >= 4 is 43.6 Å². The number of aryl methyl sites for hydroxylation is 4. The zero-order chi connectivity index (χ0) is 51.0. The Morgan fingerprint density at radius 3 is 1.03 bits per heavy atom. The van der Waals surface area contributed by atoms with Crippen LogP contribution in [0.2, 0.25) is 0 Å². The molecule has 7 heteroatoms. The Hall–Kier alpha value is -9.43. The van der Waals surface area contributed by atoms with Gasteiger partial charge in [0.2, 0.25) is 0 Å². The Bertz CT molecular complexity index is 4180. The van der Waals surface area contributed by atoms with E-state index in [9.17, 15) is 23.7 Å². The monoisotopic (exact) mass is 962 g/mol. The third-order valence-electron chi connectivity index (χ3n) is 14.8. The SMILES string of the molecule is Cc1ccccc1-c1ccc2c(c1)c1cc(-c3ccccc3C)ccc1n2-c1cc(-c2ccc(C(F)(F)F)cc2C#N)c(-n2c3ccc(-c4ccccc4C)cc3c3cc(-c4ccccc4C)ccc32)cc1C#N. The molecule has 0 aliphatic carbocycles. The van der Waals surface area contributed by atoms with Crippen molar-refractivity contribution in [1.29, 1.82) is 10.5 Å². The topological polar surface area (TPSA) is 57.4 Å². The van der Waals surface area contributed by atoms with Crippen molar-refractivity contribution < 1.29 is 13.2 Å². The second kappa shape index (κ2) is 17.7. The summed E-state index contributed by atoms with van der Waals surface area (Å²) in [6.45, 7) is 8.39. The van der Waals surface area contributed by atoms with Gasteiger partial charge in [0.25, 0.3) is 0 Å². The van der Waals surface area contributed by atoms with Gasteiger partial charge in [-0.25, -0.2) is 0 Å². The lowest BCUT2D eigenvalue weighted by atomic mass is 9.94. The van der Waals surface area contributed by atoms with Crippen LogP contribution in [0.1, 0.15) is 38.9 Å². The minimum atomic E-state index is -4.68. The second-order valence-corrected chi connectivity index (χ2v) is 19.2. The Kier molecular flexibility index (Phi) is 10.9. The maximum atomic E-state index is 14.5. The lowest BCUT2D eigenvalue weighted by Gasteiger charge is -2.20. The maximum Gasteiger partial charge on any atom is 0.416 e. The van der Waals surface area contributed by atoms with Crippen LogP contribution in [0.15, 0.2) is 200 Å². The minimum Gasteiger partial charge on any atom is -0.309 e. The van der Waals surface area contributed by atoms with Gasteiger partial charge in [0.15, 0.2) is 0 Å². The Morgan fingerprint density at radius 2 is 0.689 bits per heavy atom. The number of hydrogen-bond donors (Lipinski definition) is 0. The molecule has 74 heavy (non-hydrogen) atoms. The molecule has 10 aromatic carbocycles. The van der Waals surface area contributed by atoms with E-state index in [0.29, 0.717) is 28.1 Å². The summed E-state index contributed by atoms with van der Waals surface area (Å²) in [4.78, 5) is 0. The standard InChI is InChI=1S/C67H45F3N4/c1-40-13-5-9-17-51(40)44-21-27-61-56(32-44)57-33-45(52-18-10-6-14-41(52)2)22-28-62(57)73(61)65-37-60(55-26-25-50(67(68,69)70)31-48(55)38-71)66(36-49(65)39-72)74-63-29-23-46(53-19-11-7-15-42(53)3)34-58(63)59-35-47(24-30-64(59)74)54-20-12-8-16-43(54)4/h5-37H,1-4H3. The van der Waals surface area contributed by atoms with E-state index in [-0.39, 0.29) is 5.56 Å². The van der Waals surface area contributed by atoms with E-state index in [0.717, 1.165) is 123 Å². The van der Waals surface area contributed by atoms with E-state index in [1.807, 2.05) is 60.7 Å². The van der Waals surface area contributed by atoms with Crippen LogP contribution in [0.4, 0.5) is 13.2 Å². The summed E-state index contributed by atoms with van der Waals surface area (Å²) in [6, 6.07) is 70.4. The van der Waals surface area contributed by atoms with E-state index < -0.39 is 11.7 Å². The van der Waals surface area contributed by atoms with E-state index in [1.54, 1.807) is 0 Å². The minimum absolute atomic E-state index is 0.144. The number of fused-ring (bicyclic) bond motifs is 6. The number of nitriles is 2. The number of aromatic nitrogens is 2. The fourth-order valence-corrected chi connectivity index (χ4v) is 11.1. The molecule has 0 unspecified atom stereocenters.